The number of nitrogens with one attached hydrogen (secondary N) is 2. The smallest absolute Gasteiger partial charge is 0.326 e. The third-order valence-corrected chi connectivity index (χ3v) is 3.21. The van der Waals surface area contributed by atoms with Crippen molar-refractivity contribution in [3.05, 3.63) is 0 Å². The summed E-state index contributed by atoms with van der Waals surface area (Å²) in [5, 5.41) is 13.9. The highest BCUT2D eigenvalue weighted by Gasteiger charge is 2.19. The molecule has 0 aliphatic carbocycles. The van der Waals surface area contributed by atoms with E-state index in [-0.39, 0.29) is 6.04 Å². The molecule has 2 unspecified atom stereocenters. The molecule has 0 rings (SSSR count). The van der Waals surface area contributed by atoms with Crippen LogP contribution in [0.5, 0.6) is 0 Å². The van der Waals surface area contributed by atoms with Crippen LogP contribution in [0.2, 0.25) is 0 Å². The summed E-state index contributed by atoms with van der Waals surface area (Å²) in [4.78, 5) is 22.4. The predicted molar refractivity (Wildman–Crippen MR) is 71.0 cm³/mol. The van der Waals surface area contributed by atoms with Crippen molar-refractivity contribution < 1.29 is 18.9 Å². The molecule has 0 saturated heterocycles. The van der Waals surface area contributed by atoms with Crippen molar-refractivity contribution in [2.75, 3.05) is 12.0 Å². The number of carbonyl (C=O) groups excluding carboxylic acids is 1. The van der Waals surface area contributed by atoms with E-state index in [1.807, 2.05) is 6.92 Å². The van der Waals surface area contributed by atoms with Gasteiger partial charge in [-0.05, 0) is 19.8 Å². The van der Waals surface area contributed by atoms with Crippen LogP contribution in [0.4, 0.5) is 4.79 Å². The number of amides is 2. The van der Waals surface area contributed by atoms with Gasteiger partial charge in [0.05, 0.1) is 0 Å². The first-order valence-corrected chi connectivity index (χ1v) is 7.69. The van der Waals surface area contributed by atoms with Crippen molar-refractivity contribution in [1.82, 2.24) is 10.6 Å². The quantitative estimate of drug-likeness (QED) is 0.609. The Kier molecular flexibility index (Phi) is 8.36. The Bertz CT molecular complexity index is 309. The molecule has 0 bridgehead atoms. The van der Waals surface area contributed by atoms with Gasteiger partial charge in [-0.15, -0.1) is 0 Å². The summed E-state index contributed by atoms with van der Waals surface area (Å²) in [5.41, 5.74) is 0. The van der Waals surface area contributed by atoms with Gasteiger partial charge >= 0.3 is 12.0 Å². The van der Waals surface area contributed by atoms with Crippen LogP contribution in [0.3, 0.4) is 0 Å². The summed E-state index contributed by atoms with van der Waals surface area (Å²) in [6, 6.07) is -1.49. The minimum atomic E-state index is -1.03. The average molecular weight is 278 g/mol. The monoisotopic (exact) mass is 278 g/mol. The molecule has 3 atom stereocenters. The van der Waals surface area contributed by atoms with E-state index in [4.69, 9.17) is 5.11 Å². The SMILES string of the molecule is CCC[C@@H](NC(=O)NC(C)CCS(C)=O)C(=O)O. The highest BCUT2D eigenvalue weighted by Crippen LogP contribution is 1.98. The number of hydrogen-bond acceptors (Lipinski definition) is 3. The number of rotatable bonds is 8. The highest BCUT2D eigenvalue weighted by atomic mass is 32.2. The molecule has 0 aromatic carbocycles. The molecule has 0 radical (unpaired) electrons. The maximum atomic E-state index is 11.5. The molecule has 3 N–H and O–H groups in total. The summed E-state index contributed by atoms with van der Waals surface area (Å²) in [6.45, 7) is 3.65. The number of hydrogen-bond donors (Lipinski definition) is 3. The van der Waals surface area contributed by atoms with Gasteiger partial charge in [0.25, 0.3) is 0 Å². The van der Waals surface area contributed by atoms with E-state index in [9.17, 15) is 13.8 Å². The molecule has 0 aliphatic heterocycles. The van der Waals surface area contributed by atoms with Crippen LogP contribution in [-0.2, 0) is 15.6 Å². The Morgan fingerprint density at radius 3 is 2.33 bits per heavy atom. The Labute approximate surface area is 110 Å². The molecule has 0 spiro atoms. The van der Waals surface area contributed by atoms with Crippen molar-refractivity contribution in [3.8, 4) is 0 Å². The first-order valence-electron chi connectivity index (χ1n) is 5.96. The van der Waals surface area contributed by atoms with Crippen LogP contribution in [0.1, 0.15) is 33.1 Å². The molecule has 0 aromatic heterocycles. The van der Waals surface area contributed by atoms with Gasteiger partial charge in [0.15, 0.2) is 0 Å². The van der Waals surface area contributed by atoms with Crippen LogP contribution in [-0.4, -0.2) is 45.4 Å². The molecular weight excluding hydrogens is 256 g/mol. The minimum absolute atomic E-state index is 0.134. The summed E-state index contributed by atoms with van der Waals surface area (Å²) in [5.74, 6) is -0.520. The molecule has 0 heterocycles. The van der Waals surface area contributed by atoms with Crippen LogP contribution in [0.15, 0.2) is 0 Å². The lowest BCUT2D eigenvalue weighted by Gasteiger charge is -2.17. The standard InChI is InChI=1S/C11H22N2O4S/c1-4-5-9(10(14)15)13-11(16)12-8(2)6-7-18(3)17/h8-9H,4-7H2,1-3H3,(H,14,15)(H2,12,13,16)/t8?,9-,18?/m1/s1. The van der Waals surface area contributed by atoms with Gasteiger partial charge < -0.3 is 15.7 Å². The van der Waals surface area contributed by atoms with Crippen LogP contribution >= 0.6 is 0 Å². The van der Waals surface area contributed by atoms with Crippen molar-refractivity contribution in [2.24, 2.45) is 0 Å². The Morgan fingerprint density at radius 1 is 1.28 bits per heavy atom. The van der Waals surface area contributed by atoms with E-state index in [1.165, 1.54) is 0 Å². The molecule has 0 aliphatic rings. The van der Waals surface area contributed by atoms with Gasteiger partial charge in [-0.2, -0.15) is 0 Å². The zero-order chi connectivity index (χ0) is 14.1. The molecule has 6 nitrogen and oxygen atoms in total. The normalized spacial score (nSPS) is 15.5. The molecule has 0 aromatic rings. The lowest BCUT2D eigenvalue weighted by molar-refractivity contribution is -0.139. The largest absolute Gasteiger partial charge is 0.480 e. The lowest BCUT2D eigenvalue weighted by atomic mass is 10.2. The van der Waals surface area contributed by atoms with Gasteiger partial charge in [-0.25, -0.2) is 9.59 Å². The zero-order valence-corrected chi connectivity index (χ0v) is 11.9. The molecule has 2 amide bonds. The number of carboxylic acids is 1. The van der Waals surface area contributed by atoms with E-state index in [0.717, 1.165) is 0 Å². The number of carboxylic acid groups (broad SMARTS) is 1. The van der Waals surface area contributed by atoms with Gasteiger partial charge in [0, 0.05) is 28.9 Å². The summed E-state index contributed by atoms with van der Waals surface area (Å²) in [7, 11) is -0.888. The first-order chi connectivity index (χ1) is 8.36. The fraction of sp³-hybridized carbons (Fsp3) is 0.818. The van der Waals surface area contributed by atoms with E-state index in [1.54, 1.807) is 13.2 Å². The maximum Gasteiger partial charge on any atom is 0.326 e. The molecule has 0 fully saturated rings. The Morgan fingerprint density at radius 2 is 1.89 bits per heavy atom. The van der Waals surface area contributed by atoms with Crippen LogP contribution < -0.4 is 10.6 Å². The van der Waals surface area contributed by atoms with E-state index in [2.05, 4.69) is 10.6 Å². The van der Waals surface area contributed by atoms with Crippen molar-refractivity contribution in [2.45, 2.75) is 45.2 Å². The fourth-order valence-corrected chi connectivity index (χ4v) is 2.07. The molecule has 18 heavy (non-hydrogen) atoms. The zero-order valence-electron chi connectivity index (χ0n) is 11.1. The minimum Gasteiger partial charge on any atom is -0.480 e. The topological polar surface area (TPSA) is 95.5 Å². The predicted octanol–water partition coefficient (Wildman–Crippen LogP) is 0.696. The average Bonchev–Trinajstić information content (AvgIpc) is 2.25. The van der Waals surface area contributed by atoms with Gasteiger partial charge in [0.2, 0.25) is 0 Å². The lowest BCUT2D eigenvalue weighted by Crippen LogP contribution is -2.48. The molecular formula is C11H22N2O4S. The van der Waals surface area contributed by atoms with Gasteiger partial charge in [-0.1, -0.05) is 13.3 Å². The first kappa shape index (κ1) is 16.9. The molecule has 0 saturated carbocycles. The summed E-state index contributed by atoms with van der Waals surface area (Å²) >= 11 is 0. The van der Waals surface area contributed by atoms with Crippen molar-refractivity contribution >= 4 is 22.8 Å². The highest BCUT2D eigenvalue weighted by molar-refractivity contribution is 7.84. The van der Waals surface area contributed by atoms with Gasteiger partial charge in [-0.3, -0.25) is 4.21 Å². The second-order valence-corrected chi connectivity index (χ2v) is 5.82. The third-order valence-electron chi connectivity index (χ3n) is 2.40. The summed E-state index contributed by atoms with van der Waals surface area (Å²) in [6.07, 6.45) is 3.29. The molecule has 7 heteroatoms. The fourth-order valence-electron chi connectivity index (χ4n) is 1.38. The number of aliphatic carboxylic acids is 1. The Balaban J connectivity index is 4.07. The van der Waals surface area contributed by atoms with Gasteiger partial charge in [0.1, 0.15) is 6.04 Å². The van der Waals surface area contributed by atoms with Crippen LogP contribution in [0, 0.1) is 0 Å². The number of urea groups is 1. The maximum absolute atomic E-state index is 11.5. The molecule has 106 valence electrons. The van der Waals surface area contributed by atoms with Crippen molar-refractivity contribution in [3.63, 3.8) is 0 Å². The Hall–Kier alpha value is -1.11. The van der Waals surface area contributed by atoms with E-state index >= 15 is 0 Å². The number of carbonyl (C=O) groups is 2. The van der Waals surface area contributed by atoms with Crippen LogP contribution in [0.25, 0.3) is 0 Å². The second kappa shape index (κ2) is 8.91. The van der Waals surface area contributed by atoms with E-state index < -0.39 is 28.8 Å². The van der Waals surface area contributed by atoms with Crippen molar-refractivity contribution in [1.29, 1.82) is 0 Å². The van der Waals surface area contributed by atoms with E-state index in [0.29, 0.717) is 25.0 Å². The second-order valence-electron chi connectivity index (χ2n) is 4.26. The third kappa shape index (κ3) is 8.05. The summed E-state index contributed by atoms with van der Waals surface area (Å²) < 4.78 is 10.9.